The van der Waals surface area contributed by atoms with Crippen molar-refractivity contribution in [1.82, 2.24) is 14.8 Å². The van der Waals surface area contributed by atoms with E-state index in [1.165, 1.54) is 12.8 Å². The highest BCUT2D eigenvalue weighted by molar-refractivity contribution is 5.78. The SMILES string of the molecule is CCCCC(c1cccnc1)N(C)C(=O)CN1CCCC1. The first-order chi connectivity index (χ1) is 10.2. The van der Waals surface area contributed by atoms with Gasteiger partial charge in [0.2, 0.25) is 5.91 Å². The Morgan fingerprint density at radius 3 is 2.81 bits per heavy atom. The van der Waals surface area contributed by atoms with E-state index >= 15 is 0 Å². The number of likely N-dealkylation sites (tertiary alicyclic amines) is 1. The molecule has 1 aliphatic rings. The molecule has 2 heterocycles. The van der Waals surface area contributed by atoms with Crippen molar-refractivity contribution in [3.05, 3.63) is 30.1 Å². The maximum atomic E-state index is 12.5. The minimum Gasteiger partial charge on any atom is -0.338 e. The van der Waals surface area contributed by atoms with E-state index in [1.807, 2.05) is 24.2 Å². The van der Waals surface area contributed by atoms with Gasteiger partial charge in [-0.15, -0.1) is 0 Å². The Morgan fingerprint density at radius 2 is 2.19 bits per heavy atom. The average molecular weight is 289 g/mol. The number of aromatic nitrogens is 1. The van der Waals surface area contributed by atoms with Crippen LogP contribution < -0.4 is 0 Å². The predicted octanol–water partition coefficient (Wildman–Crippen LogP) is 2.87. The van der Waals surface area contributed by atoms with Gasteiger partial charge in [0, 0.05) is 19.4 Å². The fourth-order valence-electron chi connectivity index (χ4n) is 2.97. The summed E-state index contributed by atoms with van der Waals surface area (Å²) < 4.78 is 0. The number of carbonyl (C=O) groups is 1. The first kappa shape index (κ1) is 16.0. The lowest BCUT2D eigenvalue weighted by molar-refractivity contribution is -0.133. The first-order valence-electron chi connectivity index (χ1n) is 8.10. The summed E-state index contributed by atoms with van der Waals surface area (Å²) in [5.74, 6) is 0.224. The number of hydrogen-bond donors (Lipinski definition) is 0. The quantitative estimate of drug-likeness (QED) is 0.774. The molecule has 1 unspecified atom stereocenters. The van der Waals surface area contributed by atoms with Crippen LogP contribution in [0.3, 0.4) is 0 Å². The molecule has 1 atom stereocenters. The molecule has 1 amide bonds. The van der Waals surface area contributed by atoms with Crippen LogP contribution in [0.5, 0.6) is 0 Å². The van der Waals surface area contributed by atoms with Gasteiger partial charge in [-0.1, -0.05) is 25.8 Å². The minimum atomic E-state index is 0.147. The van der Waals surface area contributed by atoms with E-state index in [0.29, 0.717) is 6.54 Å². The van der Waals surface area contributed by atoms with E-state index in [1.54, 1.807) is 6.20 Å². The topological polar surface area (TPSA) is 36.4 Å². The van der Waals surface area contributed by atoms with E-state index in [0.717, 1.165) is 37.9 Å². The summed E-state index contributed by atoms with van der Waals surface area (Å²) in [5, 5.41) is 0. The van der Waals surface area contributed by atoms with Crippen molar-refractivity contribution in [3.63, 3.8) is 0 Å². The van der Waals surface area contributed by atoms with Crippen LogP contribution in [0.4, 0.5) is 0 Å². The van der Waals surface area contributed by atoms with Gasteiger partial charge in [-0.25, -0.2) is 0 Å². The molecule has 2 rings (SSSR count). The number of rotatable bonds is 7. The molecular weight excluding hydrogens is 262 g/mol. The van der Waals surface area contributed by atoms with Crippen LogP contribution in [0.1, 0.15) is 50.6 Å². The maximum Gasteiger partial charge on any atom is 0.237 e. The molecule has 1 saturated heterocycles. The predicted molar refractivity (Wildman–Crippen MR) is 84.9 cm³/mol. The van der Waals surface area contributed by atoms with E-state index < -0.39 is 0 Å². The smallest absolute Gasteiger partial charge is 0.237 e. The minimum absolute atomic E-state index is 0.147. The van der Waals surface area contributed by atoms with Crippen LogP contribution in [0.2, 0.25) is 0 Å². The van der Waals surface area contributed by atoms with Gasteiger partial charge in [0.1, 0.15) is 0 Å². The lowest BCUT2D eigenvalue weighted by atomic mass is 10.0. The summed E-state index contributed by atoms with van der Waals surface area (Å²) in [7, 11) is 1.94. The van der Waals surface area contributed by atoms with Crippen molar-refractivity contribution < 1.29 is 4.79 Å². The summed E-state index contributed by atoms with van der Waals surface area (Å²) in [6.45, 7) is 4.87. The number of carbonyl (C=O) groups excluding carboxylic acids is 1. The van der Waals surface area contributed by atoms with Crippen LogP contribution in [0.25, 0.3) is 0 Å². The van der Waals surface area contributed by atoms with Crippen molar-refractivity contribution in [1.29, 1.82) is 0 Å². The Bertz CT molecular complexity index is 429. The monoisotopic (exact) mass is 289 g/mol. The highest BCUT2D eigenvalue weighted by Crippen LogP contribution is 2.25. The van der Waals surface area contributed by atoms with Crippen molar-refractivity contribution in [3.8, 4) is 0 Å². The molecule has 4 nitrogen and oxygen atoms in total. The van der Waals surface area contributed by atoms with Gasteiger partial charge < -0.3 is 4.90 Å². The summed E-state index contributed by atoms with van der Waals surface area (Å²) in [5.41, 5.74) is 1.14. The van der Waals surface area contributed by atoms with Gasteiger partial charge in [-0.2, -0.15) is 0 Å². The molecule has 0 spiro atoms. The van der Waals surface area contributed by atoms with Crippen LogP contribution in [-0.4, -0.2) is 47.4 Å². The van der Waals surface area contributed by atoms with Gasteiger partial charge in [-0.3, -0.25) is 14.7 Å². The number of amides is 1. The van der Waals surface area contributed by atoms with Crippen LogP contribution in [-0.2, 0) is 4.79 Å². The lowest BCUT2D eigenvalue weighted by Gasteiger charge is -2.30. The summed E-state index contributed by atoms with van der Waals surface area (Å²) >= 11 is 0. The molecule has 0 bridgehead atoms. The van der Waals surface area contributed by atoms with Gasteiger partial charge >= 0.3 is 0 Å². The van der Waals surface area contributed by atoms with Crippen LogP contribution in [0, 0.1) is 0 Å². The van der Waals surface area contributed by atoms with Gasteiger partial charge in [0.15, 0.2) is 0 Å². The zero-order valence-corrected chi connectivity index (χ0v) is 13.3. The summed E-state index contributed by atoms with van der Waals surface area (Å²) in [4.78, 5) is 20.9. The lowest BCUT2D eigenvalue weighted by Crippen LogP contribution is -2.39. The first-order valence-corrected chi connectivity index (χ1v) is 8.10. The molecular formula is C17H27N3O. The number of pyridine rings is 1. The van der Waals surface area contributed by atoms with E-state index in [4.69, 9.17) is 0 Å². The molecule has 1 fully saturated rings. The van der Waals surface area contributed by atoms with E-state index in [-0.39, 0.29) is 11.9 Å². The Balaban J connectivity index is 2.02. The van der Waals surface area contributed by atoms with Crippen molar-refractivity contribution in [2.24, 2.45) is 0 Å². The molecule has 21 heavy (non-hydrogen) atoms. The van der Waals surface area contributed by atoms with Crippen molar-refractivity contribution in [2.45, 2.75) is 45.1 Å². The van der Waals surface area contributed by atoms with Crippen LogP contribution in [0.15, 0.2) is 24.5 Å². The average Bonchev–Trinajstić information content (AvgIpc) is 3.01. The molecule has 0 radical (unpaired) electrons. The molecule has 0 saturated carbocycles. The number of hydrogen-bond acceptors (Lipinski definition) is 3. The second kappa shape index (κ2) is 8.13. The number of unbranched alkanes of at least 4 members (excludes halogenated alkanes) is 1. The highest BCUT2D eigenvalue weighted by Gasteiger charge is 2.24. The third-order valence-electron chi connectivity index (χ3n) is 4.32. The number of nitrogens with zero attached hydrogens (tertiary/aromatic N) is 3. The molecule has 4 heteroatoms. The molecule has 0 aliphatic carbocycles. The fourth-order valence-corrected chi connectivity index (χ4v) is 2.97. The van der Waals surface area contributed by atoms with Crippen molar-refractivity contribution in [2.75, 3.05) is 26.7 Å². The van der Waals surface area contributed by atoms with E-state index in [9.17, 15) is 4.79 Å². The van der Waals surface area contributed by atoms with Crippen LogP contribution >= 0.6 is 0 Å². The Hall–Kier alpha value is -1.42. The molecule has 1 aromatic rings. The third kappa shape index (κ3) is 4.53. The Labute approximate surface area is 128 Å². The zero-order chi connectivity index (χ0) is 15.1. The standard InChI is InChI=1S/C17H27N3O/c1-3-4-9-16(15-8-7-10-18-13-15)19(2)17(21)14-20-11-5-6-12-20/h7-8,10,13,16H,3-6,9,11-12,14H2,1-2H3. The third-order valence-corrected chi connectivity index (χ3v) is 4.32. The summed E-state index contributed by atoms with van der Waals surface area (Å²) in [6.07, 6.45) is 9.39. The Kier molecular flexibility index (Phi) is 6.18. The molecule has 0 aromatic carbocycles. The Morgan fingerprint density at radius 1 is 1.43 bits per heavy atom. The fraction of sp³-hybridized carbons (Fsp3) is 0.647. The van der Waals surface area contributed by atoms with Gasteiger partial charge in [0.25, 0.3) is 0 Å². The zero-order valence-electron chi connectivity index (χ0n) is 13.3. The normalized spacial score (nSPS) is 16.9. The highest BCUT2D eigenvalue weighted by atomic mass is 16.2. The number of likely N-dealkylation sites (N-methyl/N-ethyl adjacent to an activating group) is 1. The van der Waals surface area contributed by atoms with Gasteiger partial charge in [-0.05, 0) is 44.0 Å². The second-order valence-electron chi connectivity index (χ2n) is 5.93. The maximum absolute atomic E-state index is 12.5. The summed E-state index contributed by atoms with van der Waals surface area (Å²) in [6, 6.07) is 4.17. The molecule has 1 aromatic heterocycles. The van der Waals surface area contributed by atoms with Crippen molar-refractivity contribution >= 4 is 5.91 Å². The second-order valence-corrected chi connectivity index (χ2v) is 5.93. The molecule has 116 valence electrons. The van der Waals surface area contributed by atoms with E-state index in [2.05, 4.69) is 22.9 Å². The largest absolute Gasteiger partial charge is 0.338 e. The molecule has 0 N–H and O–H groups in total. The molecule has 1 aliphatic heterocycles. The van der Waals surface area contributed by atoms with Gasteiger partial charge in [0.05, 0.1) is 12.6 Å².